The number of carbonyl (C=O) groups is 1. The fraction of sp³-hybridized carbons (Fsp3) is 0.364. The topological polar surface area (TPSA) is 57.5 Å². The lowest BCUT2D eigenvalue weighted by Gasteiger charge is -2.19. The average Bonchev–Trinajstić information content (AvgIpc) is 2.19. The number of aliphatic carboxylic acids is 1. The third-order valence-electron chi connectivity index (χ3n) is 2.36. The molecule has 0 saturated heterocycles. The van der Waals surface area contributed by atoms with Crippen LogP contribution < -0.4 is 0 Å². The number of carboxylic acids is 1. The van der Waals surface area contributed by atoms with Crippen molar-refractivity contribution in [2.24, 2.45) is 5.41 Å². The zero-order valence-corrected chi connectivity index (χ0v) is 8.92. The molecule has 0 heterocycles. The number of carboxylic acid groups (broad SMARTS) is 1. The average molecular weight is 230 g/mol. The summed E-state index contributed by atoms with van der Waals surface area (Å²) in [6, 6.07) is 2.04. The summed E-state index contributed by atoms with van der Waals surface area (Å²) in [6.45, 7) is 2.88. The van der Waals surface area contributed by atoms with Crippen molar-refractivity contribution in [2.75, 3.05) is 0 Å². The number of halogens is 2. The monoisotopic (exact) mass is 230 g/mol. The van der Waals surface area contributed by atoms with Crippen LogP contribution in [0.25, 0.3) is 0 Å². The van der Waals surface area contributed by atoms with Crippen molar-refractivity contribution < 1.29 is 23.8 Å². The molecular weight excluding hydrogens is 218 g/mol. The minimum absolute atomic E-state index is 0.0753. The van der Waals surface area contributed by atoms with Gasteiger partial charge in [-0.1, -0.05) is 6.07 Å². The molecule has 0 saturated carbocycles. The number of hydrogen-bond acceptors (Lipinski definition) is 2. The third-order valence-corrected chi connectivity index (χ3v) is 2.36. The smallest absolute Gasteiger partial charge is 0.309 e. The molecule has 1 aromatic carbocycles. The second-order valence-corrected chi connectivity index (χ2v) is 4.23. The Morgan fingerprint density at radius 1 is 1.38 bits per heavy atom. The molecule has 0 aliphatic carbocycles. The highest BCUT2D eigenvalue weighted by atomic mass is 19.2. The Labute approximate surface area is 91.3 Å². The molecule has 5 heteroatoms. The zero-order valence-electron chi connectivity index (χ0n) is 8.92. The van der Waals surface area contributed by atoms with Gasteiger partial charge in [0.1, 0.15) is 0 Å². The Hall–Kier alpha value is -1.65. The normalized spacial score (nSPS) is 11.5. The molecule has 88 valence electrons. The van der Waals surface area contributed by atoms with Gasteiger partial charge in [-0.05, 0) is 31.9 Å². The fourth-order valence-electron chi connectivity index (χ4n) is 1.27. The number of phenols is 1. The van der Waals surface area contributed by atoms with Gasteiger partial charge in [-0.3, -0.25) is 4.79 Å². The number of hydrogen-bond donors (Lipinski definition) is 2. The van der Waals surface area contributed by atoms with Crippen molar-refractivity contribution in [1.29, 1.82) is 0 Å². The molecule has 0 unspecified atom stereocenters. The van der Waals surface area contributed by atoms with E-state index in [0.717, 1.165) is 6.07 Å². The highest BCUT2D eigenvalue weighted by molar-refractivity contribution is 5.74. The van der Waals surface area contributed by atoms with Gasteiger partial charge in [-0.15, -0.1) is 0 Å². The van der Waals surface area contributed by atoms with Gasteiger partial charge < -0.3 is 10.2 Å². The van der Waals surface area contributed by atoms with Crippen molar-refractivity contribution in [2.45, 2.75) is 20.3 Å². The molecule has 2 N–H and O–H groups in total. The van der Waals surface area contributed by atoms with E-state index in [1.807, 2.05) is 0 Å². The van der Waals surface area contributed by atoms with Crippen LogP contribution in [0.4, 0.5) is 8.78 Å². The third kappa shape index (κ3) is 2.29. The van der Waals surface area contributed by atoms with Gasteiger partial charge in [-0.25, -0.2) is 4.39 Å². The summed E-state index contributed by atoms with van der Waals surface area (Å²) in [7, 11) is 0. The maximum atomic E-state index is 13.0. The zero-order chi connectivity index (χ0) is 12.5. The summed E-state index contributed by atoms with van der Waals surface area (Å²) in [4.78, 5) is 10.8. The van der Waals surface area contributed by atoms with E-state index in [9.17, 15) is 18.7 Å². The molecule has 0 fully saturated rings. The van der Waals surface area contributed by atoms with Crippen LogP contribution in [-0.4, -0.2) is 16.2 Å². The molecule has 0 aromatic heterocycles. The molecule has 0 bridgehead atoms. The molecule has 3 nitrogen and oxygen atoms in total. The van der Waals surface area contributed by atoms with E-state index in [2.05, 4.69) is 0 Å². The van der Waals surface area contributed by atoms with E-state index in [-0.39, 0.29) is 12.0 Å². The standard InChI is InChI=1S/C11H12F2O3/c1-11(2,10(15)16)5-6-3-4-7(12)8(13)9(6)14/h3-4,14H,5H2,1-2H3,(H,15,16). The highest BCUT2D eigenvalue weighted by Crippen LogP contribution is 2.30. The van der Waals surface area contributed by atoms with Gasteiger partial charge in [-0.2, -0.15) is 4.39 Å². The number of aromatic hydroxyl groups is 1. The van der Waals surface area contributed by atoms with Crippen LogP contribution in [0, 0.1) is 17.0 Å². The van der Waals surface area contributed by atoms with Gasteiger partial charge in [0.15, 0.2) is 11.6 Å². The summed E-state index contributed by atoms with van der Waals surface area (Å²) in [5.74, 6) is -4.40. The summed E-state index contributed by atoms with van der Waals surface area (Å²) in [5, 5.41) is 18.2. The van der Waals surface area contributed by atoms with Crippen LogP contribution in [-0.2, 0) is 11.2 Å². The molecule has 0 aliphatic heterocycles. The first-order chi connectivity index (χ1) is 7.25. The molecular formula is C11H12F2O3. The van der Waals surface area contributed by atoms with Crippen molar-refractivity contribution in [3.63, 3.8) is 0 Å². The van der Waals surface area contributed by atoms with Gasteiger partial charge in [0.25, 0.3) is 0 Å². The number of benzene rings is 1. The molecule has 1 rings (SSSR count). The lowest BCUT2D eigenvalue weighted by Crippen LogP contribution is -2.26. The minimum Gasteiger partial charge on any atom is -0.505 e. The first-order valence-electron chi connectivity index (χ1n) is 4.65. The van der Waals surface area contributed by atoms with Gasteiger partial charge in [0, 0.05) is 0 Å². The maximum absolute atomic E-state index is 13.0. The van der Waals surface area contributed by atoms with Crippen LogP contribution >= 0.6 is 0 Å². The van der Waals surface area contributed by atoms with Gasteiger partial charge >= 0.3 is 5.97 Å². The van der Waals surface area contributed by atoms with Gasteiger partial charge in [0.05, 0.1) is 5.41 Å². The van der Waals surface area contributed by atoms with Crippen molar-refractivity contribution in [3.05, 3.63) is 29.3 Å². The summed E-state index contributed by atoms with van der Waals surface area (Å²) >= 11 is 0. The minimum atomic E-state index is -1.35. The summed E-state index contributed by atoms with van der Waals surface area (Å²) in [6.07, 6.45) is -0.0780. The molecule has 0 atom stereocenters. The molecule has 1 aromatic rings. The Morgan fingerprint density at radius 2 is 1.94 bits per heavy atom. The Kier molecular flexibility index (Phi) is 3.16. The molecule has 16 heavy (non-hydrogen) atoms. The van der Waals surface area contributed by atoms with Crippen LogP contribution in [0.15, 0.2) is 12.1 Å². The van der Waals surface area contributed by atoms with Gasteiger partial charge in [0.2, 0.25) is 5.82 Å². The van der Waals surface area contributed by atoms with Crippen molar-refractivity contribution >= 4 is 5.97 Å². The first kappa shape index (κ1) is 12.4. The Balaban J connectivity index is 3.08. The van der Waals surface area contributed by atoms with E-state index in [4.69, 9.17) is 5.11 Å². The SMILES string of the molecule is CC(C)(Cc1ccc(F)c(F)c1O)C(=O)O. The van der Waals surface area contributed by atoms with Crippen LogP contribution in [0.3, 0.4) is 0 Å². The maximum Gasteiger partial charge on any atom is 0.309 e. The summed E-state index contributed by atoms with van der Waals surface area (Å²) < 4.78 is 25.7. The second kappa shape index (κ2) is 4.08. The quantitative estimate of drug-likeness (QED) is 0.837. The van der Waals surface area contributed by atoms with Crippen molar-refractivity contribution in [1.82, 2.24) is 0 Å². The van der Waals surface area contributed by atoms with Crippen LogP contribution in [0.2, 0.25) is 0 Å². The lowest BCUT2D eigenvalue weighted by molar-refractivity contribution is -0.146. The first-order valence-corrected chi connectivity index (χ1v) is 4.65. The molecule has 0 aliphatic rings. The predicted molar refractivity (Wildman–Crippen MR) is 53.1 cm³/mol. The fourth-order valence-corrected chi connectivity index (χ4v) is 1.27. The molecule has 0 radical (unpaired) electrons. The van der Waals surface area contributed by atoms with E-state index in [0.29, 0.717) is 0 Å². The molecule has 0 amide bonds. The van der Waals surface area contributed by atoms with E-state index in [1.165, 1.54) is 19.9 Å². The van der Waals surface area contributed by atoms with Crippen LogP contribution in [0.5, 0.6) is 5.75 Å². The van der Waals surface area contributed by atoms with E-state index in [1.54, 1.807) is 0 Å². The number of phenolic OH excluding ortho intramolecular Hbond substituents is 1. The summed E-state index contributed by atoms with van der Waals surface area (Å²) in [5.41, 5.74) is -1.08. The lowest BCUT2D eigenvalue weighted by atomic mass is 9.85. The number of rotatable bonds is 3. The largest absolute Gasteiger partial charge is 0.505 e. The highest BCUT2D eigenvalue weighted by Gasteiger charge is 2.29. The molecule has 0 spiro atoms. The van der Waals surface area contributed by atoms with E-state index >= 15 is 0 Å². The second-order valence-electron chi connectivity index (χ2n) is 4.23. The Morgan fingerprint density at radius 3 is 2.44 bits per heavy atom. The van der Waals surface area contributed by atoms with Crippen LogP contribution in [0.1, 0.15) is 19.4 Å². The predicted octanol–water partition coefficient (Wildman–Crippen LogP) is 2.32. The van der Waals surface area contributed by atoms with Crippen molar-refractivity contribution in [3.8, 4) is 5.75 Å². The van der Waals surface area contributed by atoms with E-state index < -0.39 is 28.8 Å². The Bertz CT molecular complexity index is 427.